The van der Waals surface area contributed by atoms with E-state index in [-0.39, 0.29) is 11.9 Å². The number of halogens is 1. The van der Waals surface area contributed by atoms with Crippen molar-refractivity contribution in [3.05, 3.63) is 65.7 Å². The smallest absolute Gasteiger partial charge is 0.131 e. The highest BCUT2D eigenvalue weighted by atomic mass is 19.1. The molecular formula is C16H18FN3. The van der Waals surface area contributed by atoms with Crippen LogP contribution in [-0.2, 0) is 0 Å². The van der Waals surface area contributed by atoms with E-state index >= 15 is 0 Å². The van der Waals surface area contributed by atoms with Crippen LogP contribution in [-0.4, -0.2) is 36.1 Å². The monoisotopic (exact) mass is 271 g/mol. The van der Waals surface area contributed by atoms with Gasteiger partial charge in [-0.3, -0.25) is 9.88 Å². The number of rotatable bonds is 3. The number of nitrogens with one attached hydrogen (secondary N) is 1. The van der Waals surface area contributed by atoms with Crippen LogP contribution in [0.1, 0.15) is 17.2 Å². The van der Waals surface area contributed by atoms with Crippen LogP contribution in [0.4, 0.5) is 4.39 Å². The van der Waals surface area contributed by atoms with Gasteiger partial charge in [0.25, 0.3) is 0 Å². The molecule has 1 fully saturated rings. The molecule has 0 radical (unpaired) electrons. The summed E-state index contributed by atoms with van der Waals surface area (Å²) in [6.45, 7) is 3.69. The number of aromatic nitrogens is 1. The predicted molar refractivity (Wildman–Crippen MR) is 76.9 cm³/mol. The second-order valence-electron chi connectivity index (χ2n) is 5.00. The summed E-state index contributed by atoms with van der Waals surface area (Å²) in [4.78, 5) is 6.42. The van der Waals surface area contributed by atoms with E-state index in [2.05, 4.69) is 27.3 Å². The minimum atomic E-state index is -0.188. The van der Waals surface area contributed by atoms with Gasteiger partial charge in [-0.1, -0.05) is 30.3 Å². The molecule has 3 nitrogen and oxygen atoms in total. The van der Waals surface area contributed by atoms with Gasteiger partial charge in [0.1, 0.15) is 5.82 Å². The fourth-order valence-corrected chi connectivity index (χ4v) is 2.75. The zero-order valence-corrected chi connectivity index (χ0v) is 11.3. The summed E-state index contributed by atoms with van der Waals surface area (Å²) in [7, 11) is 0. The second kappa shape index (κ2) is 6.11. The molecule has 0 bridgehead atoms. The van der Waals surface area contributed by atoms with Crippen molar-refractivity contribution in [2.24, 2.45) is 0 Å². The summed E-state index contributed by atoms with van der Waals surface area (Å²) in [5.74, 6) is -0.188. The summed E-state index contributed by atoms with van der Waals surface area (Å²) < 4.78 is 14.2. The summed E-state index contributed by atoms with van der Waals surface area (Å²) in [6, 6.07) is 11.5. The second-order valence-corrected chi connectivity index (χ2v) is 5.00. The van der Waals surface area contributed by atoms with Gasteiger partial charge in [-0.2, -0.15) is 0 Å². The molecular weight excluding hydrogens is 253 g/mol. The highest BCUT2D eigenvalue weighted by Crippen LogP contribution is 2.29. The average molecular weight is 271 g/mol. The molecule has 20 heavy (non-hydrogen) atoms. The summed E-state index contributed by atoms with van der Waals surface area (Å²) in [5.41, 5.74) is 1.77. The zero-order valence-electron chi connectivity index (χ0n) is 11.3. The largest absolute Gasteiger partial charge is 0.314 e. The maximum absolute atomic E-state index is 14.2. The van der Waals surface area contributed by atoms with Crippen LogP contribution in [0, 0.1) is 5.82 Å². The van der Waals surface area contributed by atoms with E-state index in [1.54, 1.807) is 6.20 Å². The lowest BCUT2D eigenvalue weighted by molar-refractivity contribution is 0.195. The first-order valence-electron chi connectivity index (χ1n) is 6.95. The molecule has 0 spiro atoms. The lowest BCUT2D eigenvalue weighted by Gasteiger charge is -2.35. The molecule has 1 saturated heterocycles. The van der Waals surface area contributed by atoms with Gasteiger partial charge < -0.3 is 5.32 Å². The van der Waals surface area contributed by atoms with Crippen molar-refractivity contribution in [2.75, 3.05) is 26.2 Å². The molecule has 1 aromatic heterocycles. The van der Waals surface area contributed by atoms with Crippen molar-refractivity contribution in [2.45, 2.75) is 6.04 Å². The van der Waals surface area contributed by atoms with Gasteiger partial charge >= 0.3 is 0 Å². The zero-order chi connectivity index (χ0) is 13.8. The fraction of sp³-hybridized carbons (Fsp3) is 0.312. The van der Waals surface area contributed by atoms with Gasteiger partial charge in [-0.05, 0) is 11.6 Å². The number of nitrogens with zero attached hydrogens (tertiary/aromatic N) is 2. The van der Waals surface area contributed by atoms with Gasteiger partial charge in [-0.15, -0.1) is 0 Å². The molecule has 2 heterocycles. The maximum atomic E-state index is 14.2. The molecule has 2 aromatic rings. The minimum Gasteiger partial charge on any atom is -0.314 e. The molecule has 3 rings (SSSR count). The van der Waals surface area contributed by atoms with Crippen LogP contribution < -0.4 is 5.32 Å². The standard InChI is InChI=1S/C16H18FN3/c17-15-6-7-19-12-14(15)16(13-4-2-1-3-5-13)20-10-8-18-9-11-20/h1-7,12,16,18H,8-11H2. The third-order valence-electron chi connectivity index (χ3n) is 3.72. The van der Waals surface area contributed by atoms with E-state index in [1.165, 1.54) is 12.3 Å². The quantitative estimate of drug-likeness (QED) is 0.927. The predicted octanol–water partition coefficient (Wildman–Crippen LogP) is 2.22. The fourth-order valence-electron chi connectivity index (χ4n) is 2.75. The Kier molecular flexibility index (Phi) is 4.04. The topological polar surface area (TPSA) is 28.2 Å². The third kappa shape index (κ3) is 2.71. The molecule has 1 N–H and O–H groups in total. The Bertz CT molecular complexity index is 553. The van der Waals surface area contributed by atoms with Gasteiger partial charge in [0.05, 0.1) is 6.04 Å². The third-order valence-corrected chi connectivity index (χ3v) is 3.72. The van der Waals surface area contributed by atoms with E-state index in [0.29, 0.717) is 5.56 Å². The van der Waals surface area contributed by atoms with Gasteiger partial charge in [0.2, 0.25) is 0 Å². The molecule has 1 aliphatic heterocycles. The lowest BCUT2D eigenvalue weighted by atomic mass is 9.97. The van der Waals surface area contributed by atoms with Crippen LogP contribution >= 0.6 is 0 Å². The molecule has 4 heteroatoms. The van der Waals surface area contributed by atoms with Crippen LogP contribution in [0.5, 0.6) is 0 Å². The van der Waals surface area contributed by atoms with Gasteiger partial charge in [0, 0.05) is 44.1 Å². The number of pyridine rings is 1. The number of benzene rings is 1. The van der Waals surface area contributed by atoms with Gasteiger partial charge in [0.15, 0.2) is 0 Å². The van der Waals surface area contributed by atoms with Crippen LogP contribution in [0.15, 0.2) is 48.8 Å². The van der Waals surface area contributed by atoms with Crippen molar-refractivity contribution in [1.82, 2.24) is 15.2 Å². The Labute approximate surface area is 118 Å². The number of piperazine rings is 1. The summed E-state index contributed by atoms with van der Waals surface area (Å²) >= 11 is 0. The highest BCUT2D eigenvalue weighted by molar-refractivity contribution is 5.31. The number of hydrogen-bond donors (Lipinski definition) is 1. The Hall–Kier alpha value is -1.78. The summed E-state index contributed by atoms with van der Waals surface area (Å²) in [5, 5.41) is 3.34. The van der Waals surface area contributed by atoms with E-state index in [0.717, 1.165) is 31.7 Å². The Balaban J connectivity index is 2.01. The van der Waals surface area contributed by atoms with Crippen LogP contribution in [0.25, 0.3) is 0 Å². The van der Waals surface area contributed by atoms with Crippen molar-refractivity contribution in [1.29, 1.82) is 0 Å². The Morgan fingerprint density at radius 1 is 1.10 bits per heavy atom. The minimum absolute atomic E-state index is 0.0630. The first-order chi connectivity index (χ1) is 9.86. The van der Waals surface area contributed by atoms with Crippen LogP contribution in [0.3, 0.4) is 0 Å². The Morgan fingerprint density at radius 2 is 1.85 bits per heavy atom. The molecule has 0 saturated carbocycles. The highest BCUT2D eigenvalue weighted by Gasteiger charge is 2.26. The maximum Gasteiger partial charge on any atom is 0.131 e. The average Bonchev–Trinajstić information content (AvgIpc) is 2.52. The molecule has 1 aliphatic rings. The van der Waals surface area contributed by atoms with Crippen molar-refractivity contribution in [3.63, 3.8) is 0 Å². The van der Waals surface area contributed by atoms with E-state index in [1.807, 2.05) is 18.2 Å². The molecule has 0 amide bonds. The Morgan fingerprint density at radius 3 is 2.55 bits per heavy atom. The van der Waals surface area contributed by atoms with Crippen LogP contribution in [0.2, 0.25) is 0 Å². The lowest BCUT2D eigenvalue weighted by Crippen LogP contribution is -2.45. The first-order valence-corrected chi connectivity index (χ1v) is 6.95. The molecule has 0 aliphatic carbocycles. The summed E-state index contributed by atoms with van der Waals surface area (Å²) in [6.07, 6.45) is 3.15. The first kappa shape index (κ1) is 13.2. The van der Waals surface area contributed by atoms with E-state index < -0.39 is 0 Å². The molecule has 1 aromatic carbocycles. The SMILES string of the molecule is Fc1ccncc1C(c1ccccc1)N1CCNCC1. The van der Waals surface area contributed by atoms with Crippen molar-refractivity contribution >= 4 is 0 Å². The van der Waals surface area contributed by atoms with E-state index in [9.17, 15) is 4.39 Å². The number of hydrogen-bond acceptors (Lipinski definition) is 3. The van der Waals surface area contributed by atoms with E-state index in [4.69, 9.17) is 0 Å². The molecule has 1 unspecified atom stereocenters. The molecule has 1 atom stereocenters. The van der Waals surface area contributed by atoms with Crippen molar-refractivity contribution < 1.29 is 4.39 Å². The normalized spacial score (nSPS) is 17.9. The van der Waals surface area contributed by atoms with Crippen molar-refractivity contribution in [3.8, 4) is 0 Å². The molecule has 104 valence electrons. The van der Waals surface area contributed by atoms with Gasteiger partial charge in [-0.25, -0.2) is 4.39 Å².